The van der Waals surface area contributed by atoms with E-state index in [0.717, 1.165) is 11.9 Å². The van der Waals surface area contributed by atoms with E-state index in [0.29, 0.717) is 19.3 Å². The van der Waals surface area contributed by atoms with Crippen LogP contribution in [0.4, 0.5) is 0 Å². The second-order valence-electron chi connectivity index (χ2n) is 12.3. The molecule has 4 fully saturated rings. The standard InChI is InChI=1S/C27H40O9/c1-12(2)17-6-15-8-25(10-28)18-7-19(29)13(3)16(18)9-26(15,27(17,25)24(32)33)11-35-23-21(31)20(30)22(34-5)14(4)36-23/h6,10,12-16,18-23,29-31H,7-9,11H2,1-5H3,(H,32,33)/t13-,14+,15+,16+,18+,19-,20-,21-,22+,23+,25-,26-,27-/m0/s1. The molecule has 0 aromatic heterocycles. The van der Waals surface area contributed by atoms with Gasteiger partial charge in [-0.15, -0.1) is 0 Å². The average Bonchev–Trinajstić information content (AvgIpc) is 3.35. The highest BCUT2D eigenvalue weighted by molar-refractivity contribution is 5.90. The Kier molecular flexibility index (Phi) is 6.26. The van der Waals surface area contributed by atoms with Crippen molar-refractivity contribution in [1.82, 2.24) is 0 Å². The van der Waals surface area contributed by atoms with Gasteiger partial charge >= 0.3 is 5.97 Å². The number of aliphatic hydroxyl groups is 3. The van der Waals surface area contributed by atoms with Crippen LogP contribution in [0.5, 0.6) is 0 Å². The largest absolute Gasteiger partial charge is 0.481 e. The molecule has 0 spiro atoms. The Morgan fingerprint density at radius 2 is 1.92 bits per heavy atom. The van der Waals surface area contributed by atoms with Gasteiger partial charge in [0.1, 0.15) is 30.0 Å². The summed E-state index contributed by atoms with van der Waals surface area (Å²) >= 11 is 0. The van der Waals surface area contributed by atoms with Crippen molar-refractivity contribution in [2.75, 3.05) is 13.7 Å². The second kappa shape index (κ2) is 8.58. The lowest BCUT2D eigenvalue weighted by atomic mass is 9.43. The molecule has 9 nitrogen and oxygen atoms in total. The number of aliphatic hydroxyl groups excluding tert-OH is 3. The van der Waals surface area contributed by atoms with Crippen LogP contribution in [0.15, 0.2) is 11.6 Å². The summed E-state index contributed by atoms with van der Waals surface area (Å²) in [6.07, 6.45) is -1.37. The third-order valence-corrected chi connectivity index (χ3v) is 10.8. The molecular formula is C27H40O9. The van der Waals surface area contributed by atoms with E-state index in [2.05, 4.69) is 6.08 Å². The quantitative estimate of drug-likeness (QED) is 0.296. The third kappa shape index (κ3) is 2.93. The molecule has 4 aliphatic carbocycles. The summed E-state index contributed by atoms with van der Waals surface area (Å²) in [5.41, 5.74) is -2.79. The molecule has 36 heavy (non-hydrogen) atoms. The Morgan fingerprint density at radius 1 is 1.22 bits per heavy atom. The van der Waals surface area contributed by atoms with E-state index < -0.39 is 59.0 Å². The first-order valence-corrected chi connectivity index (χ1v) is 13.2. The topological polar surface area (TPSA) is 143 Å². The number of aliphatic carboxylic acids is 1. The molecular weight excluding hydrogens is 468 g/mol. The summed E-state index contributed by atoms with van der Waals surface area (Å²) < 4.78 is 17.3. The highest BCUT2D eigenvalue weighted by atomic mass is 16.7. The number of rotatable bonds is 7. The molecule has 0 radical (unpaired) electrons. The molecule has 0 unspecified atom stereocenters. The molecule has 1 aliphatic heterocycles. The molecule has 4 bridgehead atoms. The zero-order valence-electron chi connectivity index (χ0n) is 21.7. The van der Waals surface area contributed by atoms with Crippen molar-refractivity contribution in [3.05, 3.63) is 11.6 Å². The van der Waals surface area contributed by atoms with Gasteiger partial charge in [0.25, 0.3) is 0 Å². The predicted molar refractivity (Wildman–Crippen MR) is 127 cm³/mol. The smallest absolute Gasteiger partial charge is 0.315 e. The van der Waals surface area contributed by atoms with Crippen LogP contribution in [0, 0.1) is 45.8 Å². The van der Waals surface area contributed by atoms with Gasteiger partial charge in [-0.3, -0.25) is 4.79 Å². The number of aldehydes is 1. The van der Waals surface area contributed by atoms with Crippen molar-refractivity contribution >= 4 is 12.3 Å². The van der Waals surface area contributed by atoms with Crippen LogP contribution >= 0.6 is 0 Å². The van der Waals surface area contributed by atoms with E-state index in [1.807, 2.05) is 20.8 Å². The molecule has 1 heterocycles. The number of methoxy groups -OCH3 is 1. The van der Waals surface area contributed by atoms with Crippen molar-refractivity contribution in [3.63, 3.8) is 0 Å². The summed E-state index contributed by atoms with van der Waals surface area (Å²) in [4.78, 5) is 26.6. The van der Waals surface area contributed by atoms with E-state index in [9.17, 15) is 30.0 Å². The van der Waals surface area contributed by atoms with Crippen LogP contribution in [0.3, 0.4) is 0 Å². The zero-order chi connectivity index (χ0) is 26.4. The predicted octanol–water partition coefficient (Wildman–Crippen LogP) is 1.38. The lowest BCUT2D eigenvalue weighted by Gasteiger charge is -2.58. The first-order chi connectivity index (χ1) is 16.9. The fourth-order valence-corrected chi connectivity index (χ4v) is 9.31. The zero-order valence-corrected chi connectivity index (χ0v) is 21.7. The number of carbonyl (C=O) groups excluding carboxylic acids is 1. The van der Waals surface area contributed by atoms with Crippen LogP contribution in [-0.2, 0) is 23.8 Å². The Labute approximate surface area is 211 Å². The summed E-state index contributed by atoms with van der Waals surface area (Å²) in [5.74, 6) is -1.63. The Bertz CT molecular complexity index is 950. The highest BCUT2D eigenvalue weighted by Gasteiger charge is 2.84. The van der Waals surface area contributed by atoms with Crippen LogP contribution in [0.1, 0.15) is 47.0 Å². The second-order valence-corrected chi connectivity index (χ2v) is 12.3. The van der Waals surface area contributed by atoms with E-state index >= 15 is 0 Å². The van der Waals surface area contributed by atoms with Crippen molar-refractivity contribution in [3.8, 4) is 0 Å². The first kappa shape index (κ1) is 26.3. The van der Waals surface area contributed by atoms with Crippen molar-refractivity contribution < 1.29 is 44.2 Å². The fraction of sp³-hybridized carbons (Fsp3) is 0.852. The van der Waals surface area contributed by atoms with Crippen molar-refractivity contribution in [2.45, 2.75) is 83.8 Å². The van der Waals surface area contributed by atoms with Gasteiger partial charge in [0.15, 0.2) is 6.29 Å². The molecule has 13 atom stereocenters. The van der Waals surface area contributed by atoms with Gasteiger partial charge in [0, 0.05) is 12.5 Å². The molecule has 9 heteroatoms. The normalized spacial score (nSPS) is 53.4. The molecule has 5 rings (SSSR count). The maximum absolute atomic E-state index is 13.5. The molecule has 4 N–H and O–H groups in total. The number of fused-ring (bicyclic) bond motifs is 2. The maximum atomic E-state index is 13.5. The van der Waals surface area contributed by atoms with E-state index in [1.54, 1.807) is 6.92 Å². The summed E-state index contributed by atoms with van der Waals surface area (Å²) in [5, 5.41) is 43.1. The third-order valence-electron chi connectivity index (χ3n) is 10.8. The Morgan fingerprint density at radius 3 is 2.50 bits per heavy atom. The van der Waals surface area contributed by atoms with Gasteiger partial charge in [-0.05, 0) is 55.8 Å². The van der Waals surface area contributed by atoms with Crippen LogP contribution in [-0.4, -0.2) is 83.2 Å². The number of ether oxygens (including phenoxy) is 3. The molecule has 0 aromatic carbocycles. The minimum Gasteiger partial charge on any atom is -0.481 e. The molecule has 202 valence electrons. The Hall–Kier alpha value is -1.36. The monoisotopic (exact) mass is 508 g/mol. The molecule has 5 aliphatic rings. The van der Waals surface area contributed by atoms with Gasteiger partial charge in [-0.25, -0.2) is 0 Å². The number of allylic oxidation sites excluding steroid dienone is 1. The molecule has 0 aromatic rings. The van der Waals surface area contributed by atoms with E-state index in [-0.39, 0.29) is 36.2 Å². The number of hydrogen-bond donors (Lipinski definition) is 4. The van der Waals surface area contributed by atoms with E-state index in [4.69, 9.17) is 14.2 Å². The van der Waals surface area contributed by atoms with Gasteiger partial charge in [0.05, 0.1) is 24.2 Å². The summed E-state index contributed by atoms with van der Waals surface area (Å²) in [7, 11) is 1.43. The first-order valence-electron chi connectivity index (χ1n) is 13.2. The number of carboxylic acid groups (broad SMARTS) is 1. The van der Waals surface area contributed by atoms with Gasteiger partial charge in [-0.1, -0.05) is 32.4 Å². The van der Waals surface area contributed by atoms with Crippen LogP contribution < -0.4 is 0 Å². The van der Waals surface area contributed by atoms with Crippen molar-refractivity contribution in [1.29, 1.82) is 0 Å². The SMILES string of the molecule is CO[C@H]1[C@@H](O)[C@H](O)[C@H](OC[C@@]23C[C@@H]4[C@H](C)[C@@H](O)C[C@H]4[C@@]4(C=O)C[C@H]2C=C(C(C)C)[C@@]34C(=O)O)O[C@@H]1C. The van der Waals surface area contributed by atoms with Crippen LogP contribution in [0.25, 0.3) is 0 Å². The minimum atomic E-state index is -1.47. The van der Waals surface area contributed by atoms with E-state index in [1.165, 1.54) is 7.11 Å². The van der Waals surface area contributed by atoms with Crippen molar-refractivity contribution in [2.24, 2.45) is 45.8 Å². The number of carbonyl (C=O) groups is 2. The minimum absolute atomic E-state index is 0.0224. The molecule has 1 saturated heterocycles. The maximum Gasteiger partial charge on any atom is 0.315 e. The lowest BCUT2D eigenvalue weighted by molar-refractivity contribution is -0.307. The lowest BCUT2D eigenvalue weighted by Crippen LogP contribution is -2.64. The number of carboxylic acids is 1. The van der Waals surface area contributed by atoms with Gasteiger partial charge in [-0.2, -0.15) is 0 Å². The van der Waals surface area contributed by atoms with Gasteiger partial charge in [0.2, 0.25) is 0 Å². The highest BCUT2D eigenvalue weighted by Crippen LogP contribution is 2.82. The summed E-state index contributed by atoms with van der Waals surface area (Å²) in [6.45, 7) is 7.58. The molecule has 3 saturated carbocycles. The average molecular weight is 509 g/mol. The number of hydrogen-bond acceptors (Lipinski definition) is 8. The summed E-state index contributed by atoms with van der Waals surface area (Å²) in [6, 6.07) is 0. The Balaban J connectivity index is 1.58. The fourth-order valence-electron chi connectivity index (χ4n) is 9.31. The van der Waals surface area contributed by atoms with Gasteiger partial charge < -0.3 is 39.4 Å². The molecule has 0 amide bonds. The van der Waals surface area contributed by atoms with Crippen LogP contribution in [0.2, 0.25) is 0 Å².